The molecular weight excluding hydrogens is 274 g/mol. The Kier molecular flexibility index (Phi) is 5.12. The van der Waals surface area contributed by atoms with Crippen LogP contribution in [-0.2, 0) is 11.3 Å². The maximum absolute atomic E-state index is 11.6. The van der Waals surface area contributed by atoms with Crippen molar-refractivity contribution >= 4 is 17.3 Å². The average Bonchev–Trinajstić information content (AvgIpc) is 2.91. The van der Waals surface area contributed by atoms with Gasteiger partial charge in [0.05, 0.1) is 12.3 Å². The molecule has 1 fully saturated rings. The van der Waals surface area contributed by atoms with Crippen LogP contribution in [0.15, 0.2) is 5.38 Å². The largest absolute Gasteiger partial charge is 0.461 e. The van der Waals surface area contributed by atoms with Gasteiger partial charge in [-0.3, -0.25) is 4.90 Å². The van der Waals surface area contributed by atoms with Crippen molar-refractivity contribution in [1.29, 1.82) is 0 Å². The fourth-order valence-corrected chi connectivity index (χ4v) is 3.05. The van der Waals surface area contributed by atoms with Gasteiger partial charge in [-0.15, -0.1) is 11.3 Å². The number of rotatable bonds is 5. The van der Waals surface area contributed by atoms with Crippen LogP contribution in [0, 0.1) is 0 Å². The maximum Gasteiger partial charge on any atom is 0.367 e. The molecule has 1 aliphatic rings. The number of hydrogen-bond donors (Lipinski definition) is 1. The van der Waals surface area contributed by atoms with Gasteiger partial charge in [0.15, 0.2) is 0 Å². The molecule has 0 aliphatic carbocycles. The van der Waals surface area contributed by atoms with E-state index in [4.69, 9.17) is 4.74 Å². The molecule has 2 heterocycles. The van der Waals surface area contributed by atoms with Gasteiger partial charge in [0.25, 0.3) is 0 Å². The highest BCUT2D eigenvalue weighted by molar-refractivity contribution is 7.11. The Morgan fingerprint density at radius 1 is 1.55 bits per heavy atom. The minimum atomic E-state index is -0.315. The first-order valence-corrected chi connectivity index (χ1v) is 7.97. The first-order valence-electron chi connectivity index (χ1n) is 7.09. The quantitative estimate of drug-likeness (QED) is 0.841. The molecule has 112 valence electrons. The molecule has 0 radical (unpaired) electrons. The summed E-state index contributed by atoms with van der Waals surface area (Å²) in [6.45, 7) is 7.40. The molecule has 6 heteroatoms. The minimum Gasteiger partial charge on any atom is -0.461 e. The molecule has 0 bridgehead atoms. The second-order valence-electron chi connectivity index (χ2n) is 5.45. The molecule has 1 saturated heterocycles. The summed E-state index contributed by atoms with van der Waals surface area (Å²) in [6, 6.07) is 0. The third-order valence-corrected chi connectivity index (χ3v) is 4.82. The molecule has 1 N–H and O–H groups in total. The summed E-state index contributed by atoms with van der Waals surface area (Å²) in [7, 11) is 2.03. The number of carbonyl (C=O) groups excluding carboxylic acids is 1. The van der Waals surface area contributed by atoms with E-state index in [0.717, 1.165) is 38.2 Å². The normalized spacial score (nSPS) is 18.9. The zero-order chi connectivity index (χ0) is 14.6. The third-order valence-electron chi connectivity index (χ3n) is 3.95. The van der Waals surface area contributed by atoms with Crippen LogP contribution in [0.25, 0.3) is 0 Å². The SMILES string of the molecule is CCOC(=O)c1nc(CN2CCC(C)(NC)CC2)cs1. The lowest BCUT2D eigenvalue weighted by Crippen LogP contribution is -2.49. The number of likely N-dealkylation sites (tertiary alicyclic amines) is 1. The van der Waals surface area contributed by atoms with Gasteiger partial charge in [0, 0.05) is 30.6 Å². The summed E-state index contributed by atoms with van der Waals surface area (Å²) in [5.41, 5.74) is 1.22. The van der Waals surface area contributed by atoms with Gasteiger partial charge < -0.3 is 10.1 Å². The van der Waals surface area contributed by atoms with Crippen LogP contribution in [0.3, 0.4) is 0 Å². The summed E-state index contributed by atoms with van der Waals surface area (Å²) >= 11 is 1.37. The van der Waals surface area contributed by atoms with E-state index in [1.54, 1.807) is 6.92 Å². The highest BCUT2D eigenvalue weighted by atomic mass is 32.1. The van der Waals surface area contributed by atoms with Crippen molar-refractivity contribution < 1.29 is 9.53 Å². The van der Waals surface area contributed by atoms with E-state index in [1.807, 2.05) is 12.4 Å². The standard InChI is InChI=1S/C14H23N3O2S/c1-4-19-13(18)12-16-11(10-20-12)9-17-7-5-14(2,15-3)6-8-17/h10,15H,4-9H2,1-3H3. The van der Waals surface area contributed by atoms with Gasteiger partial charge in [-0.25, -0.2) is 9.78 Å². The Labute approximate surface area is 124 Å². The van der Waals surface area contributed by atoms with Crippen LogP contribution in [0.1, 0.15) is 42.2 Å². The summed E-state index contributed by atoms with van der Waals surface area (Å²) in [4.78, 5) is 18.3. The topological polar surface area (TPSA) is 54.5 Å². The lowest BCUT2D eigenvalue weighted by atomic mass is 9.90. The van der Waals surface area contributed by atoms with E-state index in [1.165, 1.54) is 11.3 Å². The number of aromatic nitrogens is 1. The zero-order valence-electron chi connectivity index (χ0n) is 12.4. The van der Waals surface area contributed by atoms with Crippen LogP contribution in [0.5, 0.6) is 0 Å². The Hall–Kier alpha value is -0.980. The van der Waals surface area contributed by atoms with E-state index in [9.17, 15) is 4.79 Å². The lowest BCUT2D eigenvalue weighted by Gasteiger charge is -2.39. The van der Waals surface area contributed by atoms with Crippen LogP contribution in [0.4, 0.5) is 0 Å². The first kappa shape index (κ1) is 15.4. The van der Waals surface area contributed by atoms with Crippen molar-refractivity contribution in [2.45, 2.75) is 38.8 Å². The number of esters is 1. The third kappa shape index (κ3) is 3.77. The van der Waals surface area contributed by atoms with Crippen LogP contribution in [-0.4, -0.2) is 48.1 Å². The van der Waals surface area contributed by atoms with Crippen molar-refractivity contribution in [3.8, 4) is 0 Å². The van der Waals surface area contributed by atoms with E-state index >= 15 is 0 Å². The van der Waals surface area contributed by atoms with Crippen molar-refractivity contribution in [1.82, 2.24) is 15.2 Å². The number of hydrogen-bond acceptors (Lipinski definition) is 6. The van der Waals surface area contributed by atoms with Crippen molar-refractivity contribution in [3.63, 3.8) is 0 Å². The summed E-state index contributed by atoms with van der Waals surface area (Å²) in [5, 5.41) is 5.81. The molecule has 1 aromatic heterocycles. The van der Waals surface area contributed by atoms with E-state index in [2.05, 4.69) is 22.1 Å². The van der Waals surface area contributed by atoms with Crippen LogP contribution in [0.2, 0.25) is 0 Å². The number of piperidine rings is 1. The predicted octanol–water partition coefficient (Wildman–Crippen LogP) is 1.89. The fraction of sp³-hybridized carbons (Fsp3) is 0.714. The Balaban J connectivity index is 1.87. The summed E-state index contributed by atoms with van der Waals surface area (Å²) < 4.78 is 4.96. The Morgan fingerprint density at radius 3 is 2.85 bits per heavy atom. The molecule has 20 heavy (non-hydrogen) atoms. The number of ether oxygens (including phenoxy) is 1. The molecule has 0 aromatic carbocycles. The Bertz CT molecular complexity index is 453. The number of carbonyl (C=O) groups is 1. The van der Waals surface area contributed by atoms with Crippen molar-refractivity contribution in [2.75, 3.05) is 26.7 Å². The van der Waals surface area contributed by atoms with E-state index < -0.39 is 0 Å². The molecule has 1 aromatic rings. The van der Waals surface area contributed by atoms with Gasteiger partial charge in [0.2, 0.25) is 5.01 Å². The molecule has 0 unspecified atom stereocenters. The second kappa shape index (κ2) is 6.65. The maximum atomic E-state index is 11.6. The summed E-state index contributed by atoms with van der Waals surface area (Å²) in [6.07, 6.45) is 2.27. The monoisotopic (exact) mass is 297 g/mol. The first-order chi connectivity index (χ1) is 9.56. The second-order valence-corrected chi connectivity index (χ2v) is 6.31. The zero-order valence-corrected chi connectivity index (χ0v) is 13.3. The highest BCUT2D eigenvalue weighted by Gasteiger charge is 2.28. The van der Waals surface area contributed by atoms with Gasteiger partial charge in [-0.05, 0) is 33.7 Å². The molecule has 0 amide bonds. The molecule has 5 nitrogen and oxygen atoms in total. The van der Waals surface area contributed by atoms with E-state index in [-0.39, 0.29) is 11.5 Å². The number of nitrogens with one attached hydrogen (secondary N) is 1. The molecule has 2 rings (SSSR count). The van der Waals surface area contributed by atoms with Crippen molar-refractivity contribution in [2.24, 2.45) is 0 Å². The minimum absolute atomic E-state index is 0.259. The number of thiazole rings is 1. The molecule has 0 spiro atoms. The molecule has 0 saturated carbocycles. The van der Waals surface area contributed by atoms with Gasteiger partial charge >= 0.3 is 5.97 Å². The lowest BCUT2D eigenvalue weighted by molar-refractivity contribution is 0.0525. The van der Waals surface area contributed by atoms with E-state index in [0.29, 0.717) is 11.6 Å². The highest BCUT2D eigenvalue weighted by Crippen LogP contribution is 2.22. The van der Waals surface area contributed by atoms with Crippen molar-refractivity contribution in [3.05, 3.63) is 16.1 Å². The van der Waals surface area contributed by atoms with Crippen LogP contribution >= 0.6 is 11.3 Å². The fourth-order valence-electron chi connectivity index (χ4n) is 2.35. The van der Waals surface area contributed by atoms with Gasteiger partial charge in [0.1, 0.15) is 0 Å². The van der Waals surface area contributed by atoms with Gasteiger partial charge in [-0.1, -0.05) is 0 Å². The molecular formula is C14H23N3O2S. The molecule has 0 atom stereocenters. The van der Waals surface area contributed by atoms with Crippen LogP contribution < -0.4 is 5.32 Å². The smallest absolute Gasteiger partial charge is 0.367 e. The predicted molar refractivity (Wildman–Crippen MR) is 80.0 cm³/mol. The molecule has 1 aliphatic heterocycles. The Morgan fingerprint density at radius 2 is 2.25 bits per heavy atom. The average molecular weight is 297 g/mol. The number of nitrogens with zero attached hydrogens (tertiary/aromatic N) is 2. The van der Waals surface area contributed by atoms with Gasteiger partial charge in [-0.2, -0.15) is 0 Å². The summed E-state index contributed by atoms with van der Waals surface area (Å²) in [5.74, 6) is -0.315.